The Balaban J connectivity index is 3.92. The molecule has 0 bridgehead atoms. The van der Waals surface area contributed by atoms with Gasteiger partial charge in [-0.15, -0.1) is 0 Å². The van der Waals surface area contributed by atoms with E-state index in [0.717, 1.165) is 6.42 Å². The molecule has 0 aromatic carbocycles. The smallest absolute Gasteiger partial charge is 0.308 e. The third-order valence-electron chi connectivity index (χ3n) is 6.79. The van der Waals surface area contributed by atoms with Crippen molar-refractivity contribution in [1.29, 1.82) is 0 Å². The summed E-state index contributed by atoms with van der Waals surface area (Å²) in [6, 6.07) is 0. The molecular weight excluding hydrogens is 380 g/mol. The van der Waals surface area contributed by atoms with Crippen LogP contribution in [0, 0.1) is 11.8 Å². The Kier molecular flexibility index (Phi) is 23.7. The highest BCUT2D eigenvalue weighted by molar-refractivity contribution is 5.71. The lowest BCUT2D eigenvalue weighted by atomic mass is 9.95. The van der Waals surface area contributed by atoms with Gasteiger partial charge < -0.3 is 4.74 Å². The number of carbonyl (C=O) groups is 1. The standard InChI is InChI=1S/C29H58O2/c1-5-8-11-13-15-16-17-18-21-23-27(4)29(30)31-26-28(24-20-10-7-3)25-22-19-14-12-9-6-2/h27-28H,5-26H2,1-4H3. The average molecular weight is 439 g/mol. The van der Waals surface area contributed by atoms with E-state index in [-0.39, 0.29) is 11.9 Å². The lowest BCUT2D eigenvalue weighted by Gasteiger charge is -2.19. The van der Waals surface area contributed by atoms with E-state index in [4.69, 9.17) is 4.74 Å². The first-order chi connectivity index (χ1) is 15.2. The monoisotopic (exact) mass is 438 g/mol. The average Bonchev–Trinajstić information content (AvgIpc) is 2.77. The van der Waals surface area contributed by atoms with Gasteiger partial charge in [0.05, 0.1) is 12.5 Å². The molecule has 31 heavy (non-hydrogen) atoms. The zero-order valence-corrected chi connectivity index (χ0v) is 22.0. The van der Waals surface area contributed by atoms with E-state index in [1.54, 1.807) is 0 Å². The van der Waals surface area contributed by atoms with Crippen LogP contribution in [0.5, 0.6) is 0 Å². The molecule has 0 saturated carbocycles. The third-order valence-corrected chi connectivity index (χ3v) is 6.79. The first kappa shape index (κ1) is 30.5. The van der Waals surface area contributed by atoms with Crippen LogP contribution in [0.3, 0.4) is 0 Å². The summed E-state index contributed by atoms with van der Waals surface area (Å²) in [4.78, 5) is 12.5. The fraction of sp³-hybridized carbons (Fsp3) is 0.966. The molecule has 0 aliphatic rings. The molecule has 0 heterocycles. The second kappa shape index (κ2) is 24.1. The Morgan fingerprint density at radius 1 is 0.548 bits per heavy atom. The molecular formula is C29H58O2. The fourth-order valence-corrected chi connectivity index (χ4v) is 4.43. The molecule has 2 nitrogen and oxygen atoms in total. The van der Waals surface area contributed by atoms with Gasteiger partial charge in [0.1, 0.15) is 0 Å². The highest BCUT2D eigenvalue weighted by Gasteiger charge is 2.17. The van der Waals surface area contributed by atoms with Gasteiger partial charge in [-0.3, -0.25) is 4.79 Å². The van der Waals surface area contributed by atoms with Crippen molar-refractivity contribution in [2.45, 2.75) is 163 Å². The Labute approximate surface area is 196 Å². The van der Waals surface area contributed by atoms with Gasteiger partial charge in [-0.05, 0) is 25.2 Å². The molecule has 2 atom stereocenters. The number of rotatable bonds is 24. The Morgan fingerprint density at radius 2 is 0.903 bits per heavy atom. The van der Waals surface area contributed by atoms with Crippen LogP contribution < -0.4 is 0 Å². The van der Waals surface area contributed by atoms with Crippen molar-refractivity contribution in [3.8, 4) is 0 Å². The summed E-state index contributed by atoms with van der Waals surface area (Å²) < 4.78 is 5.79. The van der Waals surface area contributed by atoms with Crippen LogP contribution in [0.25, 0.3) is 0 Å². The van der Waals surface area contributed by atoms with E-state index < -0.39 is 0 Å². The topological polar surface area (TPSA) is 26.3 Å². The van der Waals surface area contributed by atoms with Crippen molar-refractivity contribution in [3.05, 3.63) is 0 Å². The molecule has 0 aliphatic carbocycles. The van der Waals surface area contributed by atoms with E-state index in [9.17, 15) is 4.79 Å². The fourth-order valence-electron chi connectivity index (χ4n) is 4.43. The van der Waals surface area contributed by atoms with Crippen LogP contribution in [0.2, 0.25) is 0 Å². The van der Waals surface area contributed by atoms with Gasteiger partial charge in [0.15, 0.2) is 0 Å². The predicted molar refractivity (Wildman–Crippen MR) is 138 cm³/mol. The molecule has 186 valence electrons. The van der Waals surface area contributed by atoms with Gasteiger partial charge in [-0.25, -0.2) is 0 Å². The van der Waals surface area contributed by atoms with Crippen LogP contribution in [0.15, 0.2) is 0 Å². The molecule has 0 saturated heterocycles. The SMILES string of the molecule is CCCCCCCCCCCC(C)C(=O)OCC(CCCCC)CCCCCCCC. The Morgan fingerprint density at radius 3 is 1.39 bits per heavy atom. The van der Waals surface area contributed by atoms with E-state index in [0.29, 0.717) is 12.5 Å². The predicted octanol–water partition coefficient (Wildman–Crippen LogP) is 10.0. The van der Waals surface area contributed by atoms with Crippen LogP contribution in [0.4, 0.5) is 0 Å². The van der Waals surface area contributed by atoms with Crippen molar-refractivity contribution < 1.29 is 9.53 Å². The van der Waals surface area contributed by atoms with Crippen LogP contribution in [-0.2, 0) is 9.53 Å². The molecule has 2 unspecified atom stereocenters. The molecule has 0 aromatic heterocycles. The van der Waals surface area contributed by atoms with Gasteiger partial charge in [-0.2, -0.15) is 0 Å². The summed E-state index contributed by atoms with van der Waals surface area (Å²) in [7, 11) is 0. The Hall–Kier alpha value is -0.530. The number of esters is 1. The minimum absolute atomic E-state index is 0.0444. The van der Waals surface area contributed by atoms with Crippen molar-refractivity contribution in [1.82, 2.24) is 0 Å². The molecule has 0 spiro atoms. The number of hydrogen-bond acceptors (Lipinski definition) is 2. The van der Waals surface area contributed by atoms with Crippen LogP contribution in [0.1, 0.15) is 163 Å². The van der Waals surface area contributed by atoms with Gasteiger partial charge in [0.2, 0.25) is 0 Å². The maximum atomic E-state index is 12.5. The molecule has 0 rings (SSSR count). The highest BCUT2D eigenvalue weighted by atomic mass is 16.5. The maximum absolute atomic E-state index is 12.5. The Bertz CT molecular complexity index is 366. The molecule has 0 aromatic rings. The summed E-state index contributed by atoms with van der Waals surface area (Å²) in [5, 5.41) is 0. The normalized spacial score (nSPS) is 13.3. The number of ether oxygens (including phenoxy) is 1. The number of carbonyl (C=O) groups excluding carboxylic acids is 1. The van der Waals surface area contributed by atoms with Crippen LogP contribution in [-0.4, -0.2) is 12.6 Å². The first-order valence-electron chi connectivity index (χ1n) is 14.3. The van der Waals surface area contributed by atoms with Crippen molar-refractivity contribution in [3.63, 3.8) is 0 Å². The number of hydrogen-bond donors (Lipinski definition) is 0. The second-order valence-corrected chi connectivity index (χ2v) is 10.1. The van der Waals surface area contributed by atoms with E-state index in [2.05, 4.69) is 27.7 Å². The summed E-state index contributed by atoms with van der Waals surface area (Å²) in [6.07, 6.45) is 27.4. The molecule has 0 aliphatic heterocycles. The quantitative estimate of drug-likeness (QED) is 0.111. The van der Waals surface area contributed by atoms with E-state index >= 15 is 0 Å². The van der Waals surface area contributed by atoms with Crippen molar-refractivity contribution in [2.24, 2.45) is 11.8 Å². The van der Waals surface area contributed by atoms with Gasteiger partial charge in [-0.1, -0.05) is 143 Å². The lowest BCUT2D eigenvalue weighted by Crippen LogP contribution is -2.19. The lowest BCUT2D eigenvalue weighted by molar-refractivity contribution is -0.149. The zero-order valence-electron chi connectivity index (χ0n) is 22.0. The van der Waals surface area contributed by atoms with E-state index in [1.807, 2.05) is 0 Å². The minimum atomic E-state index is 0.0444. The maximum Gasteiger partial charge on any atom is 0.308 e. The molecule has 2 heteroatoms. The molecule has 0 radical (unpaired) electrons. The largest absolute Gasteiger partial charge is 0.465 e. The highest BCUT2D eigenvalue weighted by Crippen LogP contribution is 2.20. The van der Waals surface area contributed by atoms with Crippen molar-refractivity contribution >= 4 is 5.97 Å². The summed E-state index contributed by atoms with van der Waals surface area (Å²) in [5.74, 6) is 0.680. The summed E-state index contributed by atoms with van der Waals surface area (Å²) in [6.45, 7) is 9.52. The van der Waals surface area contributed by atoms with Gasteiger partial charge >= 0.3 is 5.97 Å². The molecule has 0 fully saturated rings. The van der Waals surface area contributed by atoms with Gasteiger partial charge in [0, 0.05) is 0 Å². The third kappa shape index (κ3) is 21.1. The van der Waals surface area contributed by atoms with Crippen molar-refractivity contribution in [2.75, 3.05) is 6.61 Å². The minimum Gasteiger partial charge on any atom is -0.465 e. The number of unbranched alkanes of at least 4 members (excludes halogenated alkanes) is 15. The first-order valence-corrected chi connectivity index (χ1v) is 14.3. The van der Waals surface area contributed by atoms with Gasteiger partial charge in [0.25, 0.3) is 0 Å². The summed E-state index contributed by atoms with van der Waals surface area (Å²) in [5.41, 5.74) is 0. The summed E-state index contributed by atoms with van der Waals surface area (Å²) >= 11 is 0. The van der Waals surface area contributed by atoms with Crippen LogP contribution >= 0.6 is 0 Å². The molecule has 0 amide bonds. The second-order valence-electron chi connectivity index (χ2n) is 10.1. The van der Waals surface area contributed by atoms with E-state index in [1.165, 1.54) is 128 Å². The zero-order chi connectivity index (χ0) is 23.0. The molecule has 0 N–H and O–H groups in total.